The van der Waals surface area contributed by atoms with E-state index in [9.17, 15) is 36.8 Å². The summed E-state index contributed by atoms with van der Waals surface area (Å²) >= 11 is 0. The van der Waals surface area contributed by atoms with Crippen molar-refractivity contribution in [2.45, 2.75) is 133 Å². The Labute approximate surface area is 310 Å². The molecule has 16 heteroatoms. The smallest absolute Gasteiger partial charge is 0.410 e. The normalized spacial score (nSPS) is 28.3. The second kappa shape index (κ2) is 14.9. The van der Waals surface area contributed by atoms with Crippen LogP contribution in [0.1, 0.15) is 96.6 Å². The maximum absolute atomic E-state index is 14.5. The first-order valence-electron chi connectivity index (χ1n) is 18.7. The molecule has 1 aromatic rings. The van der Waals surface area contributed by atoms with Crippen LogP contribution in [-0.4, -0.2) is 101 Å². The van der Waals surface area contributed by atoms with Crippen molar-refractivity contribution in [3.8, 4) is 0 Å². The summed E-state index contributed by atoms with van der Waals surface area (Å²) < 4.78 is 48.1. The van der Waals surface area contributed by atoms with Crippen molar-refractivity contribution in [1.82, 2.24) is 30.1 Å². The standard InChI is InChI=1S/C37H51FN6O8S/c1-5-44(36(2,3)4)34(48)39-29-15-10-8-6-7-9-13-24-19-37(24,33(47)41-53(50,51)26-16-17-26)40-31(45)30-18-25(21-43(30)32(29)46)52-35(49)42-20-23-12-11-14-28(38)27(23)22-42/h9,11-14,24-26,29-30H,5-8,10,15-22H2,1-4H3,(H,39,48)(H,40,45)(H,41,47)/b13-9-/t24-,25+,29-,30-,37+/m0/s1. The highest BCUT2D eigenvalue weighted by atomic mass is 32.2. The molecule has 2 saturated carbocycles. The number of allylic oxidation sites excluding steroid dienone is 1. The zero-order valence-electron chi connectivity index (χ0n) is 30.9. The number of carbonyl (C=O) groups excluding carboxylic acids is 5. The fourth-order valence-corrected chi connectivity index (χ4v) is 9.09. The van der Waals surface area contributed by atoms with E-state index in [1.807, 2.05) is 39.8 Å². The number of rotatable bonds is 6. The molecule has 0 spiro atoms. The molecule has 3 aliphatic heterocycles. The van der Waals surface area contributed by atoms with Crippen molar-refractivity contribution in [3.63, 3.8) is 0 Å². The van der Waals surface area contributed by atoms with Gasteiger partial charge in [0.25, 0.3) is 5.91 Å². The molecule has 14 nitrogen and oxygen atoms in total. The van der Waals surface area contributed by atoms with Gasteiger partial charge >= 0.3 is 12.1 Å². The highest BCUT2D eigenvalue weighted by Gasteiger charge is 2.62. The molecule has 3 N–H and O–H groups in total. The minimum absolute atomic E-state index is 0.00618. The number of hydrogen-bond acceptors (Lipinski definition) is 8. The number of halogens is 1. The van der Waals surface area contributed by atoms with E-state index in [4.69, 9.17) is 4.74 Å². The van der Waals surface area contributed by atoms with Crippen molar-refractivity contribution < 1.29 is 41.5 Å². The molecule has 3 fully saturated rings. The molecule has 53 heavy (non-hydrogen) atoms. The number of hydrogen-bond donors (Lipinski definition) is 3. The number of nitrogens with zero attached hydrogens (tertiary/aromatic N) is 3. The molecule has 6 rings (SSSR count). The molecule has 0 aromatic heterocycles. The molecule has 290 valence electrons. The number of carbonyl (C=O) groups is 5. The third kappa shape index (κ3) is 8.31. The highest BCUT2D eigenvalue weighted by molar-refractivity contribution is 7.91. The van der Waals surface area contributed by atoms with Gasteiger partial charge in [-0.05, 0) is 77.8 Å². The highest BCUT2D eigenvalue weighted by Crippen LogP contribution is 2.46. The summed E-state index contributed by atoms with van der Waals surface area (Å²) in [7, 11) is -3.92. The first-order chi connectivity index (χ1) is 25.0. The maximum atomic E-state index is 14.5. The molecule has 6 amide bonds. The fourth-order valence-electron chi connectivity index (χ4n) is 7.72. The number of ether oxygens (including phenoxy) is 1. The Morgan fingerprint density at radius 1 is 1.09 bits per heavy atom. The Kier molecular flexibility index (Phi) is 10.8. The van der Waals surface area contributed by atoms with E-state index in [0.29, 0.717) is 49.8 Å². The Morgan fingerprint density at radius 2 is 1.85 bits per heavy atom. The number of sulfonamides is 1. The van der Waals surface area contributed by atoms with Crippen LogP contribution in [0.5, 0.6) is 0 Å². The molecule has 1 saturated heterocycles. The first-order valence-corrected chi connectivity index (χ1v) is 20.2. The molecular weight excluding hydrogens is 708 g/mol. The van der Waals surface area contributed by atoms with E-state index >= 15 is 0 Å². The lowest BCUT2D eigenvalue weighted by Crippen LogP contribution is -2.59. The molecule has 2 aliphatic carbocycles. The fraction of sp³-hybridized carbons (Fsp3) is 0.649. The van der Waals surface area contributed by atoms with Crippen LogP contribution in [0.4, 0.5) is 14.0 Å². The van der Waals surface area contributed by atoms with Gasteiger partial charge in [-0.25, -0.2) is 22.4 Å². The predicted molar refractivity (Wildman–Crippen MR) is 192 cm³/mol. The van der Waals surface area contributed by atoms with Crippen LogP contribution in [-0.2, 0) is 42.2 Å². The number of amides is 6. The Balaban J connectivity index is 1.27. The summed E-state index contributed by atoms with van der Waals surface area (Å²) in [5.41, 5.74) is -1.03. The summed E-state index contributed by atoms with van der Waals surface area (Å²) in [6.45, 7) is 7.88. The maximum Gasteiger partial charge on any atom is 0.410 e. The van der Waals surface area contributed by atoms with Gasteiger partial charge in [0, 0.05) is 36.5 Å². The monoisotopic (exact) mass is 758 g/mol. The van der Waals surface area contributed by atoms with E-state index in [1.165, 1.54) is 15.9 Å². The predicted octanol–water partition coefficient (Wildman–Crippen LogP) is 3.45. The van der Waals surface area contributed by atoms with E-state index < -0.39 is 86.1 Å². The average molecular weight is 759 g/mol. The van der Waals surface area contributed by atoms with Gasteiger partial charge in [-0.15, -0.1) is 0 Å². The van der Waals surface area contributed by atoms with Crippen LogP contribution in [0.25, 0.3) is 0 Å². The van der Waals surface area contributed by atoms with Crippen molar-refractivity contribution in [2.75, 3.05) is 13.1 Å². The second-order valence-corrected chi connectivity index (χ2v) is 17.9. The molecule has 0 unspecified atom stereocenters. The number of nitrogens with one attached hydrogen (secondary N) is 3. The van der Waals surface area contributed by atoms with Crippen LogP contribution < -0.4 is 15.4 Å². The molecule has 5 atom stereocenters. The number of benzene rings is 1. The SMILES string of the molecule is CCN(C(=O)N[C@H]1CCCCC/C=C\[C@H]2C[C@@]2(C(=O)NS(=O)(=O)C2CC2)NC(=O)[C@@H]2C[C@@H](OC(=O)N3Cc4cccc(F)c4C3)CN2C1=O)C(C)(C)C. The minimum atomic E-state index is -3.92. The second-order valence-electron chi connectivity index (χ2n) is 15.9. The van der Waals surface area contributed by atoms with Crippen LogP contribution >= 0.6 is 0 Å². The lowest BCUT2D eigenvalue weighted by atomic mass is 10.0. The van der Waals surface area contributed by atoms with Crippen LogP contribution in [0.15, 0.2) is 30.4 Å². The molecule has 0 bridgehead atoms. The lowest BCUT2D eigenvalue weighted by Gasteiger charge is -2.36. The van der Waals surface area contributed by atoms with Crippen LogP contribution in [0.2, 0.25) is 0 Å². The van der Waals surface area contributed by atoms with Crippen molar-refractivity contribution in [1.29, 1.82) is 0 Å². The summed E-state index contributed by atoms with van der Waals surface area (Å²) in [6.07, 6.45) is 6.15. The van der Waals surface area contributed by atoms with E-state index in [0.717, 1.165) is 12.8 Å². The summed E-state index contributed by atoms with van der Waals surface area (Å²) in [4.78, 5) is 73.7. The Morgan fingerprint density at radius 3 is 2.53 bits per heavy atom. The summed E-state index contributed by atoms with van der Waals surface area (Å²) in [6, 6.07) is 1.98. The van der Waals surface area contributed by atoms with E-state index in [-0.39, 0.29) is 32.5 Å². The molecular formula is C37H51FN6O8S. The minimum Gasteiger partial charge on any atom is -0.444 e. The number of fused-ring (bicyclic) bond motifs is 3. The molecule has 0 radical (unpaired) electrons. The quantitative estimate of drug-likeness (QED) is 0.370. The first kappa shape index (κ1) is 38.5. The third-order valence-electron chi connectivity index (χ3n) is 11.0. The molecule has 5 aliphatic rings. The van der Waals surface area contributed by atoms with Gasteiger partial charge in [0.2, 0.25) is 21.8 Å². The van der Waals surface area contributed by atoms with Gasteiger partial charge in [0.15, 0.2) is 0 Å². The lowest BCUT2D eigenvalue weighted by molar-refractivity contribution is -0.141. The van der Waals surface area contributed by atoms with Gasteiger partial charge in [0.1, 0.15) is 29.5 Å². The summed E-state index contributed by atoms with van der Waals surface area (Å²) in [5.74, 6) is -2.96. The molecule has 1 aromatic carbocycles. The van der Waals surface area contributed by atoms with Gasteiger partial charge in [0.05, 0.1) is 18.3 Å². The van der Waals surface area contributed by atoms with Gasteiger partial charge in [-0.2, -0.15) is 0 Å². The molecule has 3 heterocycles. The van der Waals surface area contributed by atoms with E-state index in [2.05, 4.69) is 15.4 Å². The van der Waals surface area contributed by atoms with E-state index in [1.54, 1.807) is 17.0 Å². The van der Waals surface area contributed by atoms with Gasteiger partial charge < -0.3 is 25.2 Å². The zero-order valence-corrected chi connectivity index (χ0v) is 31.7. The Hall–Kier alpha value is -4.21. The largest absolute Gasteiger partial charge is 0.444 e. The van der Waals surface area contributed by atoms with Crippen LogP contribution in [0, 0.1) is 11.7 Å². The van der Waals surface area contributed by atoms with Crippen molar-refractivity contribution >= 4 is 39.9 Å². The zero-order chi connectivity index (χ0) is 38.3. The van der Waals surface area contributed by atoms with Gasteiger partial charge in [-0.1, -0.05) is 37.1 Å². The topological polar surface area (TPSA) is 175 Å². The van der Waals surface area contributed by atoms with Crippen molar-refractivity contribution in [3.05, 3.63) is 47.3 Å². The third-order valence-corrected chi connectivity index (χ3v) is 12.8. The van der Waals surface area contributed by atoms with Crippen LogP contribution in [0.3, 0.4) is 0 Å². The van der Waals surface area contributed by atoms with Crippen molar-refractivity contribution in [2.24, 2.45) is 5.92 Å². The summed E-state index contributed by atoms with van der Waals surface area (Å²) in [5, 5.41) is 5.07. The van der Waals surface area contributed by atoms with Gasteiger partial charge in [-0.3, -0.25) is 24.0 Å². The number of urea groups is 1. The average Bonchev–Trinajstić information content (AvgIpc) is 3.97. The Bertz CT molecular complexity index is 1780.